The number of nitrogens with two attached hydrogens (primary N) is 1. The zero-order valence-electron chi connectivity index (χ0n) is 13.1. The first kappa shape index (κ1) is 16.5. The standard InChI is InChI=1S/C15H19N5O3/c1-3-4-7-19-10(2)14(9-17-19)18-15(21)12-8-11(20(22)23)5-6-13(12)16/h5-6,8-9H,3-4,7,16H2,1-2H3,(H,18,21). The van der Waals surface area contributed by atoms with Crippen LogP contribution in [-0.2, 0) is 6.54 Å². The van der Waals surface area contributed by atoms with Crippen molar-refractivity contribution in [3.05, 3.63) is 45.8 Å². The van der Waals surface area contributed by atoms with Gasteiger partial charge in [-0.2, -0.15) is 5.10 Å². The summed E-state index contributed by atoms with van der Waals surface area (Å²) >= 11 is 0. The number of rotatable bonds is 6. The molecule has 1 aromatic carbocycles. The molecule has 0 fully saturated rings. The predicted molar refractivity (Wildman–Crippen MR) is 87.3 cm³/mol. The summed E-state index contributed by atoms with van der Waals surface area (Å²) in [7, 11) is 0. The van der Waals surface area contributed by atoms with Gasteiger partial charge in [0.2, 0.25) is 0 Å². The monoisotopic (exact) mass is 317 g/mol. The van der Waals surface area contributed by atoms with Crippen LogP contribution in [0.5, 0.6) is 0 Å². The number of amides is 1. The number of anilines is 2. The second-order valence-corrected chi connectivity index (χ2v) is 5.20. The van der Waals surface area contributed by atoms with Crippen LogP contribution in [0.2, 0.25) is 0 Å². The molecular formula is C15H19N5O3. The van der Waals surface area contributed by atoms with Crippen LogP contribution in [0.4, 0.5) is 17.1 Å². The van der Waals surface area contributed by atoms with E-state index in [9.17, 15) is 14.9 Å². The van der Waals surface area contributed by atoms with Gasteiger partial charge in [-0.3, -0.25) is 19.6 Å². The zero-order chi connectivity index (χ0) is 17.0. The fourth-order valence-corrected chi connectivity index (χ4v) is 2.15. The fraction of sp³-hybridized carbons (Fsp3) is 0.333. The smallest absolute Gasteiger partial charge is 0.270 e. The molecule has 2 aromatic rings. The molecule has 0 radical (unpaired) electrons. The van der Waals surface area contributed by atoms with Crippen LogP contribution in [0.3, 0.4) is 0 Å². The lowest BCUT2D eigenvalue weighted by atomic mass is 10.1. The Bertz CT molecular complexity index is 739. The number of carbonyl (C=O) groups is 1. The van der Waals surface area contributed by atoms with Crippen LogP contribution < -0.4 is 11.1 Å². The summed E-state index contributed by atoms with van der Waals surface area (Å²) in [6.45, 7) is 4.72. The quantitative estimate of drug-likeness (QED) is 0.482. The summed E-state index contributed by atoms with van der Waals surface area (Å²) in [5.74, 6) is -0.496. The minimum absolute atomic E-state index is 0.0694. The molecular weight excluding hydrogens is 298 g/mol. The molecule has 0 saturated carbocycles. The van der Waals surface area contributed by atoms with Crippen LogP contribution >= 0.6 is 0 Å². The van der Waals surface area contributed by atoms with Crippen LogP contribution in [0.1, 0.15) is 35.8 Å². The van der Waals surface area contributed by atoms with E-state index < -0.39 is 10.8 Å². The maximum absolute atomic E-state index is 12.3. The maximum atomic E-state index is 12.3. The summed E-state index contributed by atoms with van der Waals surface area (Å²) in [5.41, 5.74) is 7.22. The summed E-state index contributed by atoms with van der Waals surface area (Å²) < 4.78 is 1.82. The van der Waals surface area contributed by atoms with Gasteiger partial charge in [0, 0.05) is 24.4 Å². The summed E-state index contributed by atoms with van der Waals surface area (Å²) in [5, 5.41) is 17.8. The second kappa shape index (κ2) is 6.91. The number of unbranched alkanes of at least 4 members (excludes halogenated alkanes) is 1. The first-order valence-electron chi connectivity index (χ1n) is 7.31. The van der Waals surface area contributed by atoms with Crippen LogP contribution in [0.25, 0.3) is 0 Å². The minimum atomic E-state index is -0.565. The molecule has 0 aliphatic carbocycles. The van der Waals surface area contributed by atoms with E-state index in [0.29, 0.717) is 5.69 Å². The number of non-ortho nitro benzene ring substituents is 1. The van der Waals surface area contributed by atoms with Gasteiger partial charge >= 0.3 is 0 Å². The van der Waals surface area contributed by atoms with Gasteiger partial charge in [0.05, 0.1) is 28.1 Å². The van der Waals surface area contributed by atoms with E-state index in [-0.39, 0.29) is 16.9 Å². The Hall–Kier alpha value is -2.90. The number of nitrogens with zero attached hydrogens (tertiary/aromatic N) is 3. The molecule has 0 spiro atoms. The molecule has 8 nitrogen and oxygen atoms in total. The van der Waals surface area contributed by atoms with Crippen molar-refractivity contribution in [2.75, 3.05) is 11.1 Å². The number of nitro groups is 1. The Morgan fingerprint density at radius 3 is 2.87 bits per heavy atom. The highest BCUT2D eigenvalue weighted by Gasteiger charge is 2.17. The summed E-state index contributed by atoms with van der Waals surface area (Å²) in [6.07, 6.45) is 3.61. The van der Waals surface area contributed by atoms with Gasteiger partial charge < -0.3 is 11.1 Å². The van der Waals surface area contributed by atoms with Crippen molar-refractivity contribution in [1.29, 1.82) is 0 Å². The second-order valence-electron chi connectivity index (χ2n) is 5.20. The average molecular weight is 317 g/mol. The first-order chi connectivity index (χ1) is 10.9. The number of aryl methyl sites for hydroxylation is 1. The average Bonchev–Trinajstić information content (AvgIpc) is 2.85. The maximum Gasteiger partial charge on any atom is 0.270 e. The van der Waals surface area contributed by atoms with E-state index >= 15 is 0 Å². The number of carbonyl (C=O) groups excluding carboxylic acids is 1. The van der Waals surface area contributed by atoms with Gasteiger partial charge in [0.15, 0.2) is 0 Å². The van der Waals surface area contributed by atoms with Crippen molar-refractivity contribution >= 4 is 23.0 Å². The van der Waals surface area contributed by atoms with E-state index in [1.807, 2.05) is 11.6 Å². The lowest BCUT2D eigenvalue weighted by Crippen LogP contribution is -2.15. The van der Waals surface area contributed by atoms with E-state index in [1.165, 1.54) is 18.2 Å². The van der Waals surface area contributed by atoms with Crippen molar-refractivity contribution < 1.29 is 9.72 Å². The van der Waals surface area contributed by atoms with Crippen molar-refractivity contribution in [3.8, 4) is 0 Å². The lowest BCUT2D eigenvalue weighted by molar-refractivity contribution is -0.384. The molecule has 0 saturated heterocycles. The summed E-state index contributed by atoms with van der Waals surface area (Å²) in [4.78, 5) is 22.6. The first-order valence-corrected chi connectivity index (χ1v) is 7.31. The molecule has 0 bridgehead atoms. The van der Waals surface area contributed by atoms with E-state index in [0.717, 1.165) is 25.1 Å². The van der Waals surface area contributed by atoms with E-state index in [1.54, 1.807) is 6.20 Å². The third-order valence-corrected chi connectivity index (χ3v) is 3.57. The molecule has 23 heavy (non-hydrogen) atoms. The molecule has 0 aliphatic rings. The van der Waals surface area contributed by atoms with Gasteiger partial charge in [-0.1, -0.05) is 13.3 Å². The minimum Gasteiger partial charge on any atom is -0.398 e. The largest absolute Gasteiger partial charge is 0.398 e. The lowest BCUT2D eigenvalue weighted by Gasteiger charge is -2.08. The van der Waals surface area contributed by atoms with E-state index in [2.05, 4.69) is 17.3 Å². The molecule has 1 amide bonds. The molecule has 2 rings (SSSR count). The fourth-order valence-electron chi connectivity index (χ4n) is 2.15. The van der Waals surface area contributed by atoms with Crippen LogP contribution in [0.15, 0.2) is 24.4 Å². The molecule has 0 aliphatic heterocycles. The normalized spacial score (nSPS) is 10.5. The van der Waals surface area contributed by atoms with Gasteiger partial charge in [-0.05, 0) is 19.4 Å². The van der Waals surface area contributed by atoms with Crippen molar-refractivity contribution in [1.82, 2.24) is 9.78 Å². The van der Waals surface area contributed by atoms with Gasteiger partial charge in [-0.25, -0.2) is 0 Å². The topological polar surface area (TPSA) is 116 Å². The molecule has 3 N–H and O–H groups in total. The van der Waals surface area contributed by atoms with Gasteiger partial charge in [0.25, 0.3) is 11.6 Å². The third kappa shape index (κ3) is 3.65. The van der Waals surface area contributed by atoms with Crippen LogP contribution in [0, 0.1) is 17.0 Å². The molecule has 1 heterocycles. The molecule has 0 unspecified atom stereocenters. The number of nitrogens with one attached hydrogen (secondary N) is 1. The number of aromatic nitrogens is 2. The summed E-state index contributed by atoms with van der Waals surface area (Å²) in [6, 6.07) is 3.78. The van der Waals surface area contributed by atoms with Crippen molar-refractivity contribution in [2.24, 2.45) is 0 Å². The Labute approximate surface area is 133 Å². The Morgan fingerprint density at radius 1 is 1.48 bits per heavy atom. The third-order valence-electron chi connectivity index (χ3n) is 3.57. The number of hydrogen-bond donors (Lipinski definition) is 2. The van der Waals surface area contributed by atoms with E-state index in [4.69, 9.17) is 5.73 Å². The highest BCUT2D eigenvalue weighted by molar-refractivity contribution is 6.08. The predicted octanol–water partition coefficient (Wildman–Crippen LogP) is 2.73. The highest BCUT2D eigenvalue weighted by atomic mass is 16.6. The molecule has 8 heteroatoms. The van der Waals surface area contributed by atoms with Gasteiger partial charge in [0.1, 0.15) is 0 Å². The number of hydrogen-bond acceptors (Lipinski definition) is 5. The van der Waals surface area contributed by atoms with Gasteiger partial charge in [-0.15, -0.1) is 0 Å². The van der Waals surface area contributed by atoms with Crippen LogP contribution in [-0.4, -0.2) is 20.6 Å². The number of benzene rings is 1. The Balaban J connectivity index is 2.21. The molecule has 122 valence electrons. The SMILES string of the molecule is CCCCn1ncc(NC(=O)c2cc([N+](=O)[O-])ccc2N)c1C. The van der Waals surface area contributed by atoms with Crippen molar-refractivity contribution in [2.45, 2.75) is 33.2 Å². The molecule has 1 aromatic heterocycles. The number of nitro benzene ring substituents is 1. The molecule has 0 atom stereocenters. The van der Waals surface area contributed by atoms with Crippen molar-refractivity contribution in [3.63, 3.8) is 0 Å². The zero-order valence-corrected chi connectivity index (χ0v) is 13.1. The Kier molecular flexibility index (Phi) is 4.95. The number of nitrogen functional groups attached to an aromatic ring is 1. The highest BCUT2D eigenvalue weighted by Crippen LogP contribution is 2.22. The Morgan fingerprint density at radius 2 is 2.22 bits per heavy atom.